The summed E-state index contributed by atoms with van der Waals surface area (Å²) in [6.07, 6.45) is 1.71. The molecule has 2 atom stereocenters. The van der Waals surface area contributed by atoms with Crippen LogP contribution in [0.3, 0.4) is 0 Å². The number of anilines is 2. The van der Waals surface area contributed by atoms with Crippen LogP contribution in [0.1, 0.15) is 5.56 Å². The molecular formula is C13H16N4O4. The maximum atomic E-state index is 11.0. The smallest absolute Gasteiger partial charge is 0.271 e. The Labute approximate surface area is 120 Å². The van der Waals surface area contributed by atoms with Crippen LogP contribution >= 0.6 is 0 Å². The van der Waals surface area contributed by atoms with Crippen LogP contribution in [0.4, 0.5) is 17.1 Å². The highest BCUT2D eigenvalue weighted by Gasteiger charge is 2.28. The zero-order chi connectivity index (χ0) is 15.0. The number of benzene rings is 1. The Morgan fingerprint density at radius 2 is 1.90 bits per heavy atom. The summed E-state index contributed by atoms with van der Waals surface area (Å²) in [6.45, 7) is 2.10. The third-order valence-electron chi connectivity index (χ3n) is 3.60. The van der Waals surface area contributed by atoms with E-state index in [-0.39, 0.29) is 5.69 Å². The van der Waals surface area contributed by atoms with Crippen LogP contribution in [0.2, 0.25) is 0 Å². The molecule has 0 amide bonds. The topological polar surface area (TPSA) is 111 Å². The Bertz CT molecular complexity index is 596. The molecule has 3 rings (SSSR count). The molecule has 2 aliphatic heterocycles. The second-order valence-electron chi connectivity index (χ2n) is 5.13. The summed E-state index contributed by atoms with van der Waals surface area (Å²) >= 11 is 0. The molecule has 4 N–H and O–H groups in total. The Kier molecular flexibility index (Phi) is 3.50. The second-order valence-corrected chi connectivity index (χ2v) is 5.13. The van der Waals surface area contributed by atoms with Crippen molar-refractivity contribution in [3.63, 3.8) is 0 Å². The number of nitrogens with one attached hydrogen (secondary N) is 2. The largest absolute Gasteiger partial charge is 0.369 e. The van der Waals surface area contributed by atoms with Crippen molar-refractivity contribution >= 4 is 17.1 Å². The van der Waals surface area contributed by atoms with E-state index in [2.05, 4.69) is 15.5 Å². The number of hydrogen-bond acceptors (Lipinski definition) is 7. The van der Waals surface area contributed by atoms with E-state index in [4.69, 9.17) is 0 Å². The van der Waals surface area contributed by atoms with E-state index in [1.165, 1.54) is 12.1 Å². The van der Waals surface area contributed by atoms with Gasteiger partial charge in [0, 0.05) is 31.8 Å². The molecule has 2 heterocycles. The molecule has 0 aliphatic carbocycles. The predicted octanol–water partition coefficient (Wildman–Crippen LogP) is 0.441. The lowest BCUT2D eigenvalue weighted by molar-refractivity contribution is -0.384. The van der Waals surface area contributed by atoms with Crippen LogP contribution < -0.4 is 10.6 Å². The Morgan fingerprint density at radius 1 is 1.24 bits per heavy atom. The van der Waals surface area contributed by atoms with Crippen LogP contribution in [0.5, 0.6) is 0 Å². The van der Waals surface area contributed by atoms with E-state index in [1.54, 1.807) is 0 Å². The zero-order valence-corrected chi connectivity index (χ0v) is 11.2. The second kappa shape index (κ2) is 5.32. The molecule has 0 bridgehead atoms. The lowest BCUT2D eigenvalue weighted by atomic mass is 10.1. The van der Waals surface area contributed by atoms with E-state index in [0.29, 0.717) is 23.5 Å². The van der Waals surface area contributed by atoms with Crippen LogP contribution in [-0.4, -0.2) is 45.6 Å². The molecular weight excluding hydrogens is 276 g/mol. The molecule has 21 heavy (non-hydrogen) atoms. The van der Waals surface area contributed by atoms with E-state index in [1.807, 2.05) is 12.2 Å². The van der Waals surface area contributed by atoms with Gasteiger partial charge in [0.2, 0.25) is 0 Å². The Hall–Kier alpha value is -2.16. The minimum absolute atomic E-state index is 0.0474. The Balaban J connectivity index is 1.97. The van der Waals surface area contributed by atoms with Gasteiger partial charge in [-0.3, -0.25) is 15.0 Å². The molecule has 1 aromatic rings. The molecule has 8 nitrogen and oxygen atoms in total. The normalized spacial score (nSPS) is 24.3. The number of rotatable bonds is 3. The summed E-state index contributed by atoms with van der Waals surface area (Å²) in [7, 11) is 0. The highest BCUT2D eigenvalue weighted by atomic mass is 16.6. The van der Waals surface area contributed by atoms with Crippen LogP contribution in [0.15, 0.2) is 24.3 Å². The minimum Gasteiger partial charge on any atom is -0.369 e. The lowest BCUT2D eigenvalue weighted by Gasteiger charge is -2.31. The first-order chi connectivity index (χ1) is 10.0. The summed E-state index contributed by atoms with van der Waals surface area (Å²) in [5, 5.41) is 35.8. The molecule has 112 valence electrons. The summed E-state index contributed by atoms with van der Waals surface area (Å²) in [4.78, 5) is 12.7. The van der Waals surface area contributed by atoms with Gasteiger partial charge in [-0.25, -0.2) is 0 Å². The Morgan fingerprint density at radius 3 is 2.57 bits per heavy atom. The molecule has 0 radical (unpaired) electrons. The van der Waals surface area contributed by atoms with Crippen LogP contribution in [0.25, 0.3) is 0 Å². The van der Waals surface area contributed by atoms with Crippen molar-refractivity contribution in [2.75, 3.05) is 23.7 Å². The van der Waals surface area contributed by atoms with Gasteiger partial charge in [0.05, 0.1) is 16.3 Å². The van der Waals surface area contributed by atoms with E-state index < -0.39 is 17.4 Å². The van der Waals surface area contributed by atoms with Crippen molar-refractivity contribution in [3.05, 3.63) is 40.0 Å². The monoisotopic (exact) mass is 292 g/mol. The number of nitrogens with zero attached hydrogens (tertiary/aromatic N) is 2. The van der Waals surface area contributed by atoms with Gasteiger partial charge in [-0.2, -0.15) is 0 Å². The fourth-order valence-electron chi connectivity index (χ4n) is 2.56. The summed E-state index contributed by atoms with van der Waals surface area (Å²) in [5.74, 6) is 0. The third kappa shape index (κ3) is 2.68. The highest BCUT2D eigenvalue weighted by Crippen LogP contribution is 2.36. The van der Waals surface area contributed by atoms with Crippen molar-refractivity contribution in [2.24, 2.45) is 0 Å². The van der Waals surface area contributed by atoms with Crippen LogP contribution in [0, 0.1) is 10.1 Å². The summed E-state index contributed by atoms with van der Waals surface area (Å²) < 4.78 is 0. The first-order valence-electron chi connectivity index (χ1n) is 6.62. The third-order valence-corrected chi connectivity index (χ3v) is 3.60. The molecule has 0 aromatic heterocycles. The van der Waals surface area contributed by atoms with E-state index in [0.717, 1.165) is 13.1 Å². The lowest BCUT2D eigenvalue weighted by Crippen LogP contribution is -2.43. The fourth-order valence-corrected chi connectivity index (χ4v) is 2.56. The zero-order valence-electron chi connectivity index (χ0n) is 11.2. The molecule has 0 spiro atoms. The SMILES string of the molecule is O=[N+]([O-])c1cc(CN2CC=CC2)c2c(c1)NC(O)C(O)N2. The van der Waals surface area contributed by atoms with Gasteiger partial charge in [-0.1, -0.05) is 12.2 Å². The van der Waals surface area contributed by atoms with Gasteiger partial charge >= 0.3 is 0 Å². The van der Waals surface area contributed by atoms with Crippen molar-refractivity contribution in [3.8, 4) is 0 Å². The molecule has 2 unspecified atom stereocenters. The molecule has 0 fully saturated rings. The maximum absolute atomic E-state index is 11.0. The van der Waals surface area contributed by atoms with Gasteiger partial charge < -0.3 is 20.8 Å². The number of fused-ring (bicyclic) bond motifs is 1. The first kappa shape index (κ1) is 13.8. The molecule has 0 saturated heterocycles. The quantitative estimate of drug-likeness (QED) is 0.363. The number of hydrogen-bond donors (Lipinski definition) is 4. The fraction of sp³-hybridized carbons (Fsp3) is 0.385. The first-order valence-corrected chi connectivity index (χ1v) is 6.62. The van der Waals surface area contributed by atoms with Crippen molar-refractivity contribution in [1.82, 2.24) is 4.90 Å². The van der Waals surface area contributed by atoms with Gasteiger partial charge in [0.15, 0.2) is 12.5 Å². The number of non-ortho nitro benzene ring substituents is 1. The van der Waals surface area contributed by atoms with Crippen molar-refractivity contribution in [2.45, 2.75) is 19.0 Å². The number of aliphatic hydroxyl groups is 2. The predicted molar refractivity (Wildman–Crippen MR) is 76.8 cm³/mol. The number of nitro groups is 1. The molecule has 0 saturated carbocycles. The van der Waals surface area contributed by atoms with Gasteiger partial charge in [-0.15, -0.1) is 0 Å². The van der Waals surface area contributed by atoms with Gasteiger partial charge in [0.1, 0.15) is 0 Å². The van der Waals surface area contributed by atoms with E-state index >= 15 is 0 Å². The maximum Gasteiger partial charge on any atom is 0.271 e. The van der Waals surface area contributed by atoms with E-state index in [9.17, 15) is 20.3 Å². The average Bonchev–Trinajstić information content (AvgIpc) is 2.93. The molecule has 8 heteroatoms. The summed E-state index contributed by atoms with van der Waals surface area (Å²) in [5.41, 5.74) is 1.67. The summed E-state index contributed by atoms with van der Waals surface area (Å²) in [6, 6.07) is 2.85. The minimum atomic E-state index is -1.21. The average molecular weight is 292 g/mol. The number of nitro benzene ring substituents is 1. The standard InChI is InChI=1S/C13H16N4O4/c18-12-13(19)15-11-8(7-16-3-1-2-4-16)5-9(17(20)21)6-10(11)14-12/h1-2,5-6,12-15,18-19H,3-4,7H2. The van der Waals surface area contributed by atoms with Crippen LogP contribution in [-0.2, 0) is 6.54 Å². The molecule has 2 aliphatic rings. The highest BCUT2D eigenvalue weighted by molar-refractivity contribution is 5.78. The van der Waals surface area contributed by atoms with Crippen molar-refractivity contribution < 1.29 is 15.1 Å². The van der Waals surface area contributed by atoms with Crippen molar-refractivity contribution in [1.29, 1.82) is 0 Å². The van der Waals surface area contributed by atoms with Gasteiger partial charge in [-0.05, 0) is 5.56 Å². The molecule has 1 aromatic carbocycles. The van der Waals surface area contributed by atoms with Gasteiger partial charge in [0.25, 0.3) is 5.69 Å². The number of aliphatic hydroxyl groups excluding tert-OH is 2.